The summed E-state index contributed by atoms with van der Waals surface area (Å²) in [6.45, 7) is 2.11. The van der Waals surface area contributed by atoms with Crippen molar-refractivity contribution in [2.75, 3.05) is 0 Å². The molecule has 0 aromatic rings. The number of rotatable bonds is 0. The molecular formula is C5H7BrMgS+2. The summed E-state index contributed by atoms with van der Waals surface area (Å²) in [6.07, 6.45) is 2.13. The summed E-state index contributed by atoms with van der Waals surface area (Å²) in [5.41, 5.74) is 1.39. The van der Waals surface area contributed by atoms with Gasteiger partial charge in [0.2, 0.25) is 0 Å². The highest BCUT2D eigenvalue weighted by Gasteiger charge is 2.13. The fourth-order valence-electron chi connectivity index (χ4n) is 0.364. The quantitative estimate of drug-likeness (QED) is 0.453. The van der Waals surface area contributed by atoms with E-state index in [0.29, 0.717) is 0 Å². The van der Waals surface area contributed by atoms with Crippen LogP contribution in [0.2, 0.25) is 0 Å². The van der Waals surface area contributed by atoms with E-state index in [1.54, 1.807) is 19.5 Å². The summed E-state index contributed by atoms with van der Waals surface area (Å²) >= 11 is 5.98. The van der Waals surface area contributed by atoms with E-state index in [-0.39, 0.29) is 0 Å². The van der Waals surface area contributed by atoms with Crippen molar-refractivity contribution in [1.29, 1.82) is 0 Å². The summed E-state index contributed by atoms with van der Waals surface area (Å²) in [4.78, 5) is 0. The van der Waals surface area contributed by atoms with Crippen LogP contribution in [0.25, 0.3) is 0 Å². The lowest BCUT2D eigenvalue weighted by Gasteiger charge is -1.72. The largest absolute Gasteiger partial charge is 1.52 e. The third-order valence-corrected chi connectivity index (χ3v) is 1.58. The van der Waals surface area contributed by atoms with Crippen molar-refractivity contribution in [2.45, 2.75) is 6.92 Å². The predicted molar refractivity (Wildman–Crippen MR) is 46.6 cm³/mol. The number of hydrogen-bond acceptors (Lipinski definition) is 0. The molecule has 0 bridgehead atoms. The van der Waals surface area contributed by atoms with Crippen LogP contribution in [0.3, 0.4) is 0 Å². The van der Waals surface area contributed by atoms with E-state index in [1.165, 1.54) is 17.3 Å². The van der Waals surface area contributed by atoms with Crippen molar-refractivity contribution in [1.82, 2.24) is 0 Å². The minimum atomic E-state index is 1.34. The molecule has 0 aromatic carbocycles. The zero-order valence-corrected chi connectivity index (χ0v) is 8.66. The first-order valence-corrected chi connectivity index (χ1v) is 7.13. The second-order valence-electron chi connectivity index (χ2n) is 1.34. The van der Waals surface area contributed by atoms with Gasteiger partial charge in [-0.3, -0.25) is 0 Å². The van der Waals surface area contributed by atoms with E-state index in [9.17, 15) is 0 Å². The Hall–Kier alpha value is 1.08. The maximum absolute atomic E-state index is 2.97. The van der Waals surface area contributed by atoms with Gasteiger partial charge in [0, 0.05) is 0 Å². The van der Waals surface area contributed by atoms with Crippen molar-refractivity contribution >= 4 is 44.2 Å². The average Bonchev–Trinajstić information content (AvgIpc) is 2.24. The van der Waals surface area contributed by atoms with Gasteiger partial charge in [-0.2, -0.15) is 11.8 Å². The molecule has 0 amide bonds. The molecule has 0 nitrogen and oxygen atoms in total. The summed E-state index contributed by atoms with van der Waals surface area (Å²) < 4.78 is 0. The van der Waals surface area contributed by atoms with Gasteiger partial charge in [0.25, 0.3) is 0 Å². The molecule has 1 aliphatic rings. The third-order valence-electron chi connectivity index (χ3n) is 0.702. The van der Waals surface area contributed by atoms with Crippen molar-refractivity contribution in [3.63, 3.8) is 0 Å². The Balaban J connectivity index is 0.000000222. The van der Waals surface area contributed by atoms with Crippen LogP contribution in [0.5, 0.6) is 0 Å². The number of allylic oxidation sites excluding steroid dienone is 2. The highest BCUT2D eigenvalue weighted by Crippen LogP contribution is 2.16. The summed E-state index contributed by atoms with van der Waals surface area (Å²) in [5.74, 6) is 0. The van der Waals surface area contributed by atoms with Gasteiger partial charge in [0.15, 0.2) is 0 Å². The molecular weight excluding hydrogens is 196 g/mol. The van der Waals surface area contributed by atoms with E-state index in [2.05, 4.69) is 36.7 Å². The lowest BCUT2D eigenvalue weighted by Crippen LogP contribution is -1.50. The van der Waals surface area contributed by atoms with Crippen molar-refractivity contribution < 1.29 is 0 Å². The van der Waals surface area contributed by atoms with Gasteiger partial charge in [-0.1, -0.05) is 6.08 Å². The zero-order valence-electron chi connectivity index (χ0n) is 4.76. The molecule has 0 spiro atoms. The predicted octanol–water partition coefficient (Wildman–Crippen LogP) is 2.35. The number of halogens is 1. The van der Waals surface area contributed by atoms with Gasteiger partial charge >= 0.3 is 32.4 Å². The van der Waals surface area contributed by atoms with Gasteiger partial charge in [0.05, 0.1) is 0 Å². The average molecular weight is 203 g/mol. The van der Waals surface area contributed by atoms with Crippen LogP contribution in [-0.2, 0) is 0 Å². The maximum atomic E-state index is 2.97. The summed E-state index contributed by atoms with van der Waals surface area (Å²) in [6, 6.07) is 0. The number of hydrogen-bond donors (Lipinski definition) is 1. The molecule has 1 heterocycles. The molecule has 3 heteroatoms. The smallest absolute Gasteiger partial charge is 0.176 e. The molecule has 1 rings (SSSR count). The molecule has 0 atom stereocenters. The normalized spacial score (nSPS) is 14.6. The fraction of sp³-hybridized carbons (Fsp3) is 0.200. The van der Waals surface area contributed by atoms with Crippen LogP contribution >= 0.6 is 24.6 Å². The van der Waals surface area contributed by atoms with Crippen LogP contribution in [0.15, 0.2) is 22.5 Å². The molecule has 8 heavy (non-hydrogen) atoms. The first-order chi connectivity index (χ1) is 3.89. The Morgan fingerprint density at radius 2 is 2.25 bits per heavy atom. The van der Waals surface area contributed by atoms with Crippen molar-refractivity contribution in [3.8, 4) is 0 Å². The number of thiol groups is 1. The molecule has 0 unspecified atom stereocenters. The van der Waals surface area contributed by atoms with E-state index < -0.39 is 0 Å². The van der Waals surface area contributed by atoms with Crippen molar-refractivity contribution in [3.05, 3.63) is 22.5 Å². The van der Waals surface area contributed by atoms with Crippen molar-refractivity contribution in [2.24, 2.45) is 0 Å². The molecule has 0 fully saturated rings. The second kappa shape index (κ2) is 6.20. The third kappa shape index (κ3) is 4.01. The minimum Gasteiger partial charge on any atom is -0.176 e. The van der Waals surface area contributed by atoms with Crippen LogP contribution in [0, 0.1) is 0 Å². The van der Waals surface area contributed by atoms with Gasteiger partial charge in [-0.25, -0.2) is 0 Å². The Morgan fingerprint density at radius 1 is 1.62 bits per heavy atom. The van der Waals surface area contributed by atoms with Crippen LogP contribution in [0.1, 0.15) is 6.92 Å². The molecule has 40 valence electrons. The lowest BCUT2D eigenvalue weighted by molar-refractivity contribution is 1.58. The minimum absolute atomic E-state index is 1.34. The lowest BCUT2D eigenvalue weighted by atomic mass is 10.4. The van der Waals surface area contributed by atoms with Crippen LogP contribution in [0.4, 0.5) is 0 Å². The van der Waals surface area contributed by atoms with Crippen LogP contribution < -0.4 is 0 Å². The summed E-state index contributed by atoms with van der Waals surface area (Å²) in [5, 5.41) is 4.31. The van der Waals surface area contributed by atoms with Crippen LogP contribution in [-0.4, -0.2) is 19.5 Å². The Labute approximate surface area is 73.1 Å². The standard InChI is InChI=1S/C5H7S.BrH.Mg/c1-5-2-3-6-4-5;;/h2-4,6H,1H3;1H;/q;;+3/p-1. The fourth-order valence-corrected chi connectivity index (χ4v) is 1.09. The van der Waals surface area contributed by atoms with E-state index in [1.807, 2.05) is 0 Å². The van der Waals surface area contributed by atoms with E-state index in [0.717, 1.165) is 0 Å². The van der Waals surface area contributed by atoms with E-state index >= 15 is 0 Å². The second-order valence-corrected chi connectivity index (χ2v) is 2.19. The zero-order chi connectivity index (χ0) is 6.41. The molecule has 1 aliphatic heterocycles. The SMILES string of the molecule is CC1=C[SH]C=C1.[Mg+2][Br]. The first kappa shape index (κ1) is 9.08. The first-order valence-electron chi connectivity index (χ1n) is 2.19. The maximum Gasteiger partial charge on any atom is 1.52 e. The Morgan fingerprint density at radius 3 is 2.38 bits per heavy atom. The Kier molecular flexibility index (Phi) is 7.03. The highest BCUT2D eigenvalue weighted by atomic mass is 79.9. The van der Waals surface area contributed by atoms with Gasteiger partial charge < -0.3 is 0 Å². The Bertz CT molecular complexity index is 106. The molecule has 0 N–H and O–H groups in total. The monoisotopic (exact) mass is 202 g/mol. The topological polar surface area (TPSA) is 0 Å². The molecule has 0 aromatic heterocycles. The van der Waals surface area contributed by atoms with E-state index in [4.69, 9.17) is 0 Å². The van der Waals surface area contributed by atoms with Gasteiger partial charge in [0.1, 0.15) is 0 Å². The molecule has 0 saturated heterocycles. The van der Waals surface area contributed by atoms with Gasteiger partial charge in [-0.05, 0) is 23.3 Å². The van der Waals surface area contributed by atoms with Gasteiger partial charge in [-0.15, -0.1) is 0 Å². The molecule has 0 saturated carbocycles. The molecule has 8 radical (unpaired) electrons. The molecule has 0 aliphatic carbocycles. The summed E-state index contributed by atoms with van der Waals surface area (Å²) in [7, 11) is 0. The highest BCUT2D eigenvalue weighted by molar-refractivity contribution is 9.22.